The van der Waals surface area contributed by atoms with Gasteiger partial charge < -0.3 is 15.5 Å². The summed E-state index contributed by atoms with van der Waals surface area (Å²) in [7, 11) is -4.17. The molecule has 4 saturated carbocycles. The lowest BCUT2D eigenvalue weighted by Crippen LogP contribution is -2.58. The van der Waals surface area contributed by atoms with E-state index in [9.17, 15) is 28.0 Å². The second-order valence-corrected chi connectivity index (χ2v) is 16.0. The molecule has 4 rings (SSSR count). The molecular weight excluding hydrogens is 502 g/mol. The number of fused-ring (bicyclic) bond motifs is 5. The molecule has 4 aliphatic carbocycles. The van der Waals surface area contributed by atoms with E-state index in [4.69, 9.17) is 0 Å². The summed E-state index contributed by atoms with van der Waals surface area (Å²) in [6.07, 6.45) is 9.38. The van der Waals surface area contributed by atoms with E-state index in [1.165, 1.54) is 12.8 Å². The third-order valence-electron chi connectivity index (χ3n) is 11.9. The van der Waals surface area contributed by atoms with Crippen molar-refractivity contribution in [3.05, 3.63) is 0 Å². The first-order chi connectivity index (χ1) is 17.6. The summed E-state index contributed by atoms with van der Waals surface area (Å²) in [5.74, 6) is 2.46. The third kappa shape index (κ3) is 5.99. The van der Waals surface area contributed by atoms with Crippen molar-refractivity contribution in [2.24, 2.45) is 52.3 Å². The second-order valence-electron chi connectivity index (χ2n) is 14.5. The van der Waals surface area contributed by atoms with Gasteiger partial charge in [-0.25, -0.2) is 0 Å². The van der Waals surface area contributed by atoms with Gasteiger partial charge in [0.05, 0.1) is 18.0 Å². The number of carbonyl (C=O) groups excluding carboxylic acids is 1. The van der Waals surface area contributed by atoms with Crippen LogP contribution in [0.15, 0.2) is 0 Å². The van der Waals surface area contributed by atoms with Crippen molar-refractivity contribution in [3.63, 3.8) is 0 Å². The standard InChI is InChI=1S/C30H53NO6S/c1-18(2)14-21(17-38(35,36)37)31-28(34)11-6-19(3)24-9-10-25-23-8-7-20-15-22(32)12-13-29(20,4)26(23)16-27(33)30(24,25)5/h18-27,32-33H,6-17H2,1-5H3,(H,31,34)(H,35,36,37)/t19-,20-,21+,22-,23+,24-,25+,26+,27+,29+,30-/m1/s1. The van der Waals surface area contributed by atoms with Crippen molar-refractivity contribution < 1.29 is 28.0 Å². The predicted octanol–water partition coefficient (Wildman–Crippen LogP) is 4.81. The van der Waals surface area contributed by atoms with Gasteiger partial charge in [-0.3, -0.25) is 9.35 Å². The van der Waals surface area contributed by atoms with Crippen LogP contribution in [0.4, 0.5) is 0 Å². The van der Waals surface area contributed by atoms with Crippen molar-refractivity contribution in [3.8, 4) is 0 Å². The van der Waals surface area contributed by atoms with E-state index in [2.05, 4.69) is 26.1 Å². The molecule has 0 heterocycles. The van der Waals surface area contributed by atoms with Gasteiger partial charge >= 0.3 is 0 Å². The lowest BCUT2D eigenvalue weighted by molar-refractivity contribution is -0.174. The molecule has 0 aliphatic heterocycles. The Morgan fingerprint density at radius 1 is 1.00 bits per heavy atom. The van der Waals surface area contributed by atoms with Gasteiger partial charge in [-0.1, -0.05) is 34.6 Å². The van der Waals surface area contributed by atoms with Gasteiger partial charge in [-0.05, 0) is 116 Å². The molecule has 0 aromatic rings. The summed E-state index contributed by atoms with van der Waals surface area (Å²) in [5, 5.41) is 24.9. The van der Waals surface area contributed by atoms with Crippen LogP contribution in [-0.2, 0) is 14.9 Å². The molecule has 0 bridgehead atoms. The Bertz CT molecular complexity index is 954. The molecule has 38 heavy (non-hydrogen) atoms. The fourth-order valence-corrected chi connectivity index (χ4v) is 10.7. The lowest BCUT2D eigenvalue weighted by Gasteiger charge is -2.62. The van der Waals surface area contributed by atoms with E-state index in [0.29, 0.717) is 48.9 Å². The summed E-state index contributed by atoms with van der Waals surface area (Å²) in [6.45, 7) is 10.9. The number of hydrogen-bond donors (Lipinski definition) is 4. The molecule has 1 amide bonds. The Balaban J connectivity index is 1.39. The van der Waals surface area contributed by atoms with E-state index < -0.39 is 21.9 Å². The monoisotopic (exact) mass is 555 g/mol. The quantitative estimate of drug-likeness (QED) is 0.303. The highest BCUT2D eigenvalue weighted by Gasteiger charge is 2.63. The van der Waals surface area contributed by atoms with E-state index in [1.54, 1.807) is 0 Å². The first kappa shape index (κ1) is 30.3. The van der Waals surface area contributed by atoms with E-state index in [0.717, 1.165) is 38.5 Å². The van der Waals surface area contributed by atoms with Crippen LogP contribution >= 0.6 is 0 Å². The van der Waals surface area contributed by atoms with Gasteiger partial charge in [0.1, 0.15) is 0 Å². The molecule has 0 spiro atoms. The first-order valence-corrected chi connectivity index (χ1v) is 16.9. The van der Waals surface area contributed by atoms with Crippen molar-refractivity contribution >= 4 is 16.0 Å². The molecule has 7 nitrogen and oxygen atoms in total. The number of aliphatic hydroxyl groups excluding tert-OH is 2. The number of amides is 1. The maximum atomic E-state index is 12.8. The Kier molecular flexibility index (Phi) is 8.99. The average Bonchev–Trinajstić information content (AvgIpc) is 3.16. The molecule has 4 fully saturated rings. The smallest absolute Gasteiger partial charge is 0.266 e. The van der Waals surface area contributed by atoms with Gasteiger partial charge in [0.2, 0.25) is 5.91 Å². The van der Waals surface area contributed by atoms with Gasteiger partial charge in [0.15, 0.2) is 0 Å². The fraction of sp³-hybridized carbons (Fsp3) is 0.967. The Morgan fingerprint density at radius 3 is 2.37 bits per heavy atom. The minimum absolute atomic E-state index is 0.139. The average molecular weight is 556 g/mol. The summed E-state index contributed by atoms with van der Waals surface area (Å²) in [5.41, 5.74) is 0.0837. The van der Waals surface area contributed by atoms with Crippen LogP contribution in [0.2, 0.25) is 0 Å². The highest BCUT2D eigenvalue weighted by molar-refractivity contribution is 7.85. The fourth-order valence-electron chi connectivity index (χ4n) is 10.0. The predicted molar refractivity (Wildman–Crippen MR) is 149 cm³/mol. The number of hydrogen-bond acceptors (Lipinski definition) is 5. The number of aliphatic hydroxyl groups is 2. The maximum Gasteiger partial charge on any atom is 0.266 e. The molecule has 0 radical (unpaired) electrons. The van der Waals surface area contributed by atoms with Crippen LogP contribution in [0.1, 0.15) is 105 Å². The van der Waals surface area contributed by atoms with E-state index >= 15 is 0 Å². The maximum absolute atomic E-state index is 12.8. The van der Waals surface area contributed by atoms with Crippen LogP contribution in [0, 0.1) is 52.3 Å². The van der Waals surface area contributed by atoms with Gasteiger partial charge in [-0.2, -0.15) is 8.42 Å². The Morgan fingerprint density at radius 2 is 1.71 bits per heavy atom. The topological polar surface area (TPSA) is 124 Å². The summed E-state index contributed by atoms with van der Waals surface area (Å²) in [4.78, 5) is 12.8. The molecule has 0 unspecified atom stereocenters. The molecule has 220 valence electrons. The van der Waals surface area contributed by atoms with Crippen LogP contribution in [0.5, 0.6) is 0 Å². The van der Waals surface area contributed by atoms with Gasteiger partial charge in [-0.15, -0.1) is 0 Å². The first-order valence-electron chi connectivity index (χ1n) is 15.3. The highest BCUT2D eigenvalue weighted by Crippen LogP contribution is 2.68. The summed E-state index contributed by atoms with van der Waals surface area (Å²) >= 11 is 0. The van der Waals surface area contributed by atoms with E-state index in [1.807, 2.05) is 13.8 Å². The Hall–Kier alpha value is -0.700. The second kappa shape index (κ2) is 11.3. The molecule has 4 aliphatic rings. The van der Waals surface area contributed by atoms with Crippen LogP contribution in [-0.4, -0.2) is 53.1 Å². The zero-order valence-corrected chi connectivity index (χ0v) is 25.0. The molecule has 0 aromatic carbocycles. The van der Waals surface area contributed by atoms with Crippen LogP contribution in [0.25, 0.3) is 0 Å². The highest BCUT2D eigenvalue weighted by atomic mass is 32.2. The minimum atomic E-state index is -4.17. The molecule has 0 aromatic heterocycles. The zero-order valence-electron chi connectivity index (χ0n) is 24.2. The molecule has 11 atom stereocenters. The summed E-state index contributed by atoms with van der Waals surface area (Å²) < 4.78 is 32.2. The molecule has 0 saturated heterocycles. The number of nitrogens with one attached hydrogen (secondary N) is 1. The Labute approximate surface area is 230 Å². The SMILES string of the molecule is CC(C)C[C@@H](CS(=O)(=O)O)NC(=O)CC[C@@H](C)[C@H]1CC[C@H]2[C@@H]3CC[C@@H]4C[C@H](O)CC[C@]4(C)[C@H]3C[C@H](O)[C@]12C. The van der Waals surface area contributed by atoms with Crippen LogP contribution in [0.3, 0.4) is 0 Å². The molecule has 8 heteroatoms. The van der Waals surface area contributed by atoms with Gasteiger partial charge in [0.25, 0.3) is 10.1 Å². The van der Waals surface area contributed by atoms with Gasteiger partial charge in [0, 0.05) is 12.5 Å². The molecular formula is C30H53NO6S. The normalized spacial score (nSPS) is 42.6. The zero-order chi connectivity index (χ0) is 28.0. The molecule has 4 N–H and O–H groups in total. The summed E-state index contributed by atoms with van der Waals surface area (Å²) in [6, 6.07) is -0.587. The number of rotatable bonds is 9. The van der Waals surface area contributed by atoms with E-state index in [-0.39, 0.29) is 40.8 Å². The van der Waals surface area contributed by atoms with Crippen molar-refractivity contribution in [1.82, 2.24) is 5.32 Å². The minimum Gasteiger partial charge on any atom is -0.393 e. The third-order valence-corrected chi connectivity index (χ3v) is 12.7. The largest absolute Gasteiger partial charge is 0.393 e. The van der Waals surface area contributed by atoms with Crippen molar-refractivity contribution in [1.29, 1.82) is 0 Å². The van der Waals surface area contributed by atoms with Crippen LogP contribution < -0.4 is 5.32 Å². The lowest BCUT2D eigenvalue weighted by atomic mass is 9.43. The number of carbonyl (C=O) groups is 1. The van der Waals surface area contributed by atoms with Crippen molar-refractivity contribution in [2.45, 2.75) is 123 Å². The van der Waals surface area contributed by atoms with Crippen molar-refractivity contribution in [2.75, 3.05) is 5.75 Å².